The second kappa shape index (κ2) is 10.0. The highest BCUT2D eigenvalue weighted by molar-refractivity contribution is 6.33. The summed E-state index contributed by atoms with van der Waals surface area (Å²) in [5.74, 6) is 0.117. The van der Waals surface area contributed by atoms with E-state index < -0.39 is 11.7 Å². The molecule has 8 heteroatoms. The summed E-state index contributed by atoms with van der Waals surface area (Å²) in [5, 5.41) is 2.44. The van der Waals surface area contributed by atoms with Crippen molar-refractivity contribution in [2.24, 2.45) is 0 Å². The quantitative estimate of drug-likeness (QED) is 0.500. The van der Waals surface area contributed by atoms with E-state index in [1.165, 1.54) is 0 Å². The third kappa shape index (κ3) is 4.44. The number of hydrogen-bond donors (Lipinski definition) is 0. The van der Waals surface area contributed by atoms with Crippen molar-refractivity contribution in [3.63, 3.8) is 0 Å². The fraction of sp³-hybridized carbons (Fsp3) is 0.407. The van der Waals surface area contributed by atoms with Crippen molar-refractivity contribution < 1.29 is 23.9 Å². The van der Waals surface area contributed by atoms with Gasteiger partial charge in [0.1, 0.15) is 5.54 Å². The molecule has 2 aliphatic heterocycles. The molecule has 0 aliphatic carbocycles. The lowest BCUT2D eigenvalue weighted by atomic mass is 9.83. The summed E-state index contributed by atoms with van der Waals surface area (Å²) in [6.07, 6.45) is 0.215. The molecule has 2 heterocycles. The Bertz CT molecular complexity index is 1160. The Morgan fingerprint density at radius 2 is 1.69 bits per heavy atom. The predicted molar refractivity (Wildman–Crippen MR) is 135 cm³/mol. The van der Waals surface area contributed by atoms with Gasteiger partial charge in [-0.1, -0.05) is 29.8 Å². The molecule has 0 radical (unpaired) electrons. The number of hydroxylamine groups is 2. The number of hydrogen-bond acceptors (Lipinski definition) is 6. The van der Waals surface area contributed by atoms with Crippen LogP contribution >= 0.6 is 11.6 Å². The van der Waals surface area contributed by atoms with Gasteiger partial charge in [0, 0.05) is 23.8 Å². The molecular weight excluding hydrogens is 468 g/mol. The van der Waals surface area contributed by atoms with E-state index in [-0.39, 0.29) is 12.5 Å². The number of carbonyl (C=O) groups excluding carboxylic acids is 2. The van der Waals surface area contributed by atoms with Crippen LogP contribution in [0, 0.1) is 20.8 Å². The summed E-state index contributed by atoms with van der Waals surface area (Å²) in [5.41, 5.74) is 3.63. The van der Waals surface area contributed by atoms with Crippen molar-refractivity contribution in [3.05, 3.63) is 69.4 Å². The van der Waals surface area contributed by atoms with E-state index in [0.29, 0.717) is 42.3 Å². The van der Waals surface area contributed by atoms with Crippen molar-refractivity contribution in [2.75, 3.05) is 31.7 Å². The Morgan fingerprint density at radius 1 is 1.06 bits per heavy atom. The molecule has 0 unspecified atom stereocenters. The number of anilines is 1. The maximum atomic E-state index is 14.4. The SMILES string of the molecule is CCOC(=O)OC1=C(c2c(C)cc(Cl)cc2C)C(=O)N(c2ccccc2C)C12CCN(OC)CC2. The largest absolute Gasteiger partial charge is 0.513 e. The molecule has 1 amide bonds. The number of benzene rings is 2. The topological polar surface area (TPSA) is 68.3 Å². The summed E-state index contributed by atoms with van der Waals surface area (Å²) in [4.78, 5) is 34.4. The van der Waals surface area contributed by atoms with Gasteiger partial charge in [-0.2, -0.15) is 5.06 Å². The van der Waals surface area contributed by atoms with Gasteiger partial charge >= 0.3 is 6.16 Å². The van der Waals surface area contributed by atoms with E-state index in [9.17, 15) is 9.59 Å². The zero-order chi connectivity index (χ0) is 25.3. The number of nitrogens with zero attached hydrogens (tertiary/aromatic N) is 2. The fourth-order valence-corrected chi connectivity index (χ4v) is 5.61. The first-order valence-corrected chi connectivity index (χ1v) is 12.2. The number of para-hydroxylation sites is 1. The van der Waals surface area contributed by atoms with Gasteiger partial charge in [0.25, 0.3) is 5.91 Å². The minimum atomic E-state index is -0.876. The predicted octanol–water partition coefficient (Wildman–Crippen LogP) is 5.59. The van der Waals surface area contributed by atoms with Crippen molar-refractivity contribution in [1.29, 1.82) is 0 Å². The molecule has 0 atom stereocenters. The number of halogens is 1. The Balaban J connectivity index is 1.99. The standard InChI is InChI=1S/C27H31ClN2O5/c1-6-34-26(32)35-24-23(22-18(3)15-20(28)16-19(22)4)25(31)30(21-10-8-7-9-17(21)2)27(24)11-13-29(33-5)14-12-27/h7-10,15-16H,6,11-14H2,1-5H3. The van der Waals surface area contributed by atoms with E-state index in [0.717, 1.165) is 27.9 Å². The molecule has 0 saturated carbocycles. The first kappa shape index (κ1) is 25.2. The second-order valence-electron chi connectivity index (χ2n) is 8.97. The maximum Gasteiger partial charge on any atom is 0.513 e. The second-order valence-corrected chi connectivity index (χ2v) is 9.41. The molecule has 2 aliphatic rings. The summed E-state index contributed by atoms with van der Waals surface area (Å²) in [6.45, 7) is 8.81. The molecule has 1 fully saturated rings. The molecule has 1 saturated heterocycles. The third-order valence-corrected chi connectivity index (χ3v) is 7.07. The Hall–Kier alpha value is -2.87. The van der Waals surface area contributed by atoms with Gasteiger partial charge in [0.05, 0.1) is 19.3 Å². The van der Waals surface area contributed by atoms with Gasteiger partial charge in [-0.15, -0.1) is 0 Å². The van der Waals surface area contributed by atoms with E-state index >= 15 is 0 Å². The van der Waals surface area contributed by atoms with Crippen LogP contribution in [-0.4, -0.2) is 49.5 Å². The first-order chi connectivity index (χ1) is 16.7. The smallest absolute Gasteiger partial charge is 0.434 e. The molecular formula is C27H31ClN2O5. The van der Waals surface area contributed by atoms with Gasteiger partial charge in [0.15, 0.2) is 5.76 Å². The van der Waals surface area contributed by atoms with Crippen molar-refractivity contribution >= 4 is 34.9 Å². The van der Waals surface area contributed by atoms with Crippen molar-refractivity contribution in [3.8, 4) is 0 Å². The van der Waals surface area contributed by atoms with Gasteiger partial charge in [0.2, 0.25) is 0 Å². The van der Waals surface area contributed by atoms with Crippen LogP contribution in [0.15, 0.2) is 42.2 Å². The van der Waals surface area contributed by atoms with Gasteiger partial charge < -0.3 is 14.3 Å². The fourth-order valence-electron chi connectivity index (χ4n) is 5.28. The molecule has 186 valence electrons. The van der Waals surface area contributed by atoms with Gasteiger partial charge in [-0.05, 0) is 81.0 Å². The van der Waals surface area contributed by atoms with Crippen molar-refractivity contribution in [1.82, 2.24) is 5.06 Å². The normalized spacial score (nSPS) is 17.9. The van der Waals surface area contributed by atoms with Crippen LogP contribution in [0.25, 0.3) is 5.57 Å². The minimum Gasteiger partial charge on any atom is -0.434 e. The monoisotopic (exact) mass is 498 g/mol. The number of carbonyl (C=O) groups is 2. The lowest BCUT2D eigenvalue weighted by molar-refractivity contribution is -0.150. The Morgan fingerprint density at radius 3 is 2.26 bits per heavy atom. The van der Waals surface area contributed by atoms with Gasteiger partial charge in [-0.25, -0.2) is 4.79 Å². The van der Waals surface area contributed by atoms with E-state index in [1.807, 2.05) is 67.1 Å². The number of ether oxygens (including phenoxy) is 2. The summed E-state index contributed by atoms with van der Waals surface area (Å²) >= 11 is 6.31. The van der Waals surface area contributed by atoms with Crippen molar-refractivity contribution in [2.45, 2.75) is 46.1 Å². The number of rotatable bonds is 5. The van der Waals surface area contributed by atoms with E-state index in [4.69, 9.17) is 25.9 Å². The van der Waals surface area contributed by atoms with E-state index in [1.54, 1.807) is 14.0 Å². The van der Waals surface area contributed by atoms with Crippen LogP contribution in [0.4, 0.5) is 10.5 Å². The van der Waals surface area contributed by atoms with Crippen LogP contribution < -0.4 is 4.90 Å². The molecule has 0 aromatic heterocycles. The molecule has 4 rings (SSSR count). The van der Waals surface area contributed by atoms with Crippen LogP contribution in [0.3, 0.4) is 0 Å². The molecule has 0 N–H and O–H groups in total. The van der Waals surface area contributed by atoms with E-state index in [2.05, 4.69) is 0 Å². The van der Waals surface area contributed by atoms with Crippen LogP contribution in [-0.2, 0) is 19.1 Å². The lowest BCUT2D eigenvalue weighted by Gasteiger charge is -2.45. The van der Waals surface area contributed by atoms with Crippen LogP contribution in [0.1, 0.15) is 42.0 Å². The minimum absolute atomic E-state index is 0.167. The molecule has 35 heavy (non-hydrogen) atoms. The molecule has 2 aromatic carbocycles. The summed E-state index contributed by atoms with van der Waals surface area (Å²) in [6, 6.07) is 11.4. The average Bonchev–Trinajstić information content (AvgIpc) is 3.02. The summed E-state index contributed by atoms with van der Waals surface area (Å²) in [7, 11) is 1.63. The Kier molecular flexibility index (Phi) is 7.22. The Labute approximate surface area is 211 Å². The lowest BCUT2D eigenvalue weighted by Crippen LogP contribution is -2.56. The number of aryl methyl sites for hydroxylation is 3. The number of amides is 1. The molecule has 0 bridgehead atoms. The van der Waals surface area contributed by atoms with Gasteiger partial charge in [-0.3, -0.25) is 9.69 Å². The highest BCUT2D eigenvalue weighted by Gasteiger charge is 2.56. The molecule has 1 spiro atoms. The highest BCUT2D eigenvalue weighted by Crippen LogP contribution is 2.50. The zero-order valence-corrected chi connectivity index (χ0v) is 21.6. The third-order valence-electron chi connectivity index (χ3n) is 6.85. The summed E-state index contributed by atoms with van der Waals surface area (Å²) < 4.78 is 11.1. The molecule has 7 nitrogen and oxygen atoms in total. The highest BCUT2D eigenvalue weighted by atomic mass is 35.5. The van der Waals surface area contributed by atoms with Crippen LogP contribution in [0.5, 0.6) is 0 Å². The van der Waals surface area contributed by atoms with Crippen LogP contribution in [0.2, 0.25) is 5.02 Å². The maximum absolute atomic E-state index is 14.4. The first-order valence-electron chi connectivity index (χ1n) is 11.8. The molecule has 2 aromatic rings. The number of piperidine rings is 1. The average molecular weight is 499 g/mol. The zero-order valence-electron chi connectivity index (χ0n) is 20.8.